The molecule has 3 heterocycles. The number of likely N-dealkylation sites (N-methyl/N-ethyl adjacent to an activating group) is 1. The number of ether oxygens (including phenoxy) is 2. The maximum absolute atomic E-state index is 14.9. The lowest BCUT2D eigenvalue weighted by Gasteiger charge is -2.17. The fourth-order valence-electron chi connectivity index (χ4n) is 4.63. The summed E-state index contributed by atoms with van der Waals surface area (Å²) >= 11 is 0. The number of nitrogens with zero attached hydrogens (tertiary/aromatic N) is 4. The number of anilines is 3. The van der Waals surface area contributed by atoms with E-state index in [1.54, 1.807) is 36.5 Å². The van der Waals surface area contributed by atoms with Crippen molar-refractivity contribution in [3.63, 3.8) is 0 Å². The van der Waals surface area contributed by atoms with E-state index in [4.69, 9.17) is 9.47 Å². The third-order valence-corrected chi connectivity index (χ3v) is 6.65. The van der Waals surface area contributed by atoms with E-state index in [0.717, 1.165) is 19.4 Å². The highest BCUT2D eigenvalue weighted by Gasteiger charge is 2.19. The van der Waals surface area contributed by atoms with Gasteiger partial charge in [0.1, 0.15) is 18.8 Å². The molecule has 1 amide bonds. The molecule has 0 radical (unpaired) electrons. The molecule has 5 rings (SSSR count). The predicted octanol–water partition coefficient (Wildman–Crippen LogP) is 5.47. The zero-order chi connectivity index (χ0) is 27.9. The summed E-state index contributed by atoms with van der Waals surface area (Å²) < 4.78 is 26.5. The maximum atomic E-state index is 14.9. The normalized spacial score (nSPS) is 15.4. The zero-order valence-corrected chi connectivity index (χ0v) is 22.4. The minimum atomic E-state index is -0.531. The third-order valence-electron chi connectivity index (χ3n) is 6.65. The Bertz CT molecular complexity index is 1510. The molecular weight excluding hydrogens is 511 g/mol. The van der Waals surface area contributed by atoms with E-state index in [1.165, 1.54) is 12.4 Å². The van der Waals surface area contributed by atoms with Crippen LogP contribution in [0.2, 0.25) is 0 Å². The molecule has 1 atom stereocenters. The topological polar surface area (TPSA) is 102 Å². The van der Waals surface area contributed by atoms with Crippen molar-refractivity contribution in [1.82, 2.24) is 19.9 Å². The molecule has 2 aromatic carbocycles. The van der Waals surface area contributed by atoms with Gasteiger partial charge < -0.3 is 20.1 Å². The largest absolute Gasteiger partial charge is 0.491 e. The standard InChI is InChI=1S/C30H31FN6O3/c1-3-39-29-25(36-27(38)14-10-22-8-6-16-37(22)2)12-11-24-28(29)30(34-19-33-24)35-20-9-13-26(23(31)17-20)40-18-21-7-4-5-15-32-21/h4-5,7,9-15,17,19,22H,3,6,8,16,18H2,1-2H3,(H,36,38)(H,33,34,35)/b14-10+/t22-/m1/s1. The number of likely N-dealkylation sites (tertiary alicyclic amines) is 1. The van der Waals surface area contributed by atoms with Crippen LogP contribution in [0.5, 0.6) is 11.5 Å². The number of carbonyl (C=O) groups is 1. The van der Waals surface area contributed by atoms with Gasteiger partial charge in [-0.3, -0.25) is 14.7 Å². The summed E-state index contributed by atoms with van der Waals surface area (Å²) in [5.74, 6) is 0.167. The van der Waals surface area contributed by atoms with Gasteiger partial charge in [-0.25, -0.2) is 14.4 Å². The average molecular weight is 543 g/mol. The van der Waals surface area contributed by atoms with Gasteiger partial charge >= 0.3 is 0 Å². The van der Waals surface area contributed by atoms with Crippen LogP contribution in [0.4, 0.5) is 21.6 Å². The highest BCUT2D eigenvalue weighted by Crippen LogP contribution is 2.38. The molecule has 1 saturated heterocycles. The molecule has 4 aromatic rings. The Morgan fingerprint density at radius 3 is 2.80 bits per heavy atom. The number of benzene rings is 2. The summed E-state index contributed by atoms with van der Waals surface area (Å²) in [6, 6.07) is 13.8. The van der Waals surface area contributed by atoms with Crippen LogP contribution in [0.15, 0.2) is 73.2 Å². The van der Waals surface area contributed by atoms with Gasteiger partial charge in [-0.05, 0) is 69.8 Å². The molecule has 0 saturated carbocycles. The molecule has 40 heavy (non-hydrogen) atoms. The Balaban J connectivity index is 1.37. The lowest BCUT2D eigenvalue weighted by molar-refractivity contribution is -0.112. The Hall–Kier alpha value is -4.57. The molecular formula is C30H31FN6O3. The van der Waals surface area contributed by atoms with Crippen LogP contribution in [-0.4, -0.2) is 52.0 Å². The van der Waals surface area contributed by atoms with Crippen molar-refractivity contribution in [1.29, 1.82) is 0 Å². The summed E-state index contributed by atoms with van der Waals surface area (Å²) in [4.78, 5) is 28.0. The van der Waals surface area contributed by atoms with Crippen molar-refractivity contribution < 1.29 is 18.7 Å². The Morgan fingerprint density at radius 1 is 1.15 bits per heavy atom. The first-order chi connectivity index (χ1) is 19.5. The second kappa shape index (κ2) is 12.5. The lowest BCUT2D eigenvalue weighted by Crippen LogP contribution is -2.23. The van der Waals surface area contributed by atoms with E-state index in [0.29, 0.717) is 46.1 Å². The van der Waals surface area contributed by atoms with Crippen LogP contribution in [0.1, 0.15) is 25.5 Å². The number of hydrogen-bond donors (Lipinski definition) is 2. The van der Waals surface area contributed by atoms with Gasteiger partial charge in [0, 0.05) is 30.1 Å². The minimum absolute atomic E-state index is 0.112. The number of fused-ring (bicyclic) bond motifs is 1. The van der Waals surface area contributed by atoms with Gasteiger partial charge in [-0.15, -0.1) is 0 Å². The number of carbonyl (C=O) groups excluding carboxylic acids is 1. The molecule has 1 fully saturated rings. The van der Waals surface area contributed by atoms with Gasteiger partial charge in [0.05, 0.1) is 28.9 Å². The van der Waals surface area contributed by atoms with Crippen LogP contribution < -0.4 is 20.1 Å². The Morgan fingerprint density at radius 2 is 2.05 bits per heavy atom. The van der Waals surface area contributed by atoms with Crippen molar-refractivity contribution in [3.05, 3.63) is 84.7 Å². The number of halogens is 1. The van der Waals surface area contributed by atoms with Gasteiger partial charge in [0.25, 0.3) is 0 Å². The quantitative estimate of drug-likeness (QED) is 0.254. The minimum Gasteiger partial charge on any atom is -0.491 e. The molecule has 10 heteroatoms. The van der Waals surface area contributed by atoms with E-state index >= 15 is 0 Å². The van der Waals surface area contributed by atoms with Crippen LogP contribution in [0.25, 0.3) is 10.9 Å². The van der Waals surface area contributed by atoms with Gasteiger partial charge in [-0.2, -0.15) is 0 Å². The van der Waals surface area contributed by atoms with Gasteiger partial charge in [0.2, 0.25) is 5.91 Å². The highest BCUT2D eigenvalue weighted by molar-refractivity contribution is 6.06. The summed E-state index contributed by atoms with van der Waals surface area (Å²) in [5, 5.41) is 6.66. The first-order valence-corrected chi connectivity index (χ1v) is 13.2. The number of aromatic nitrogens is 3. The number of rotatable bonds is 10. The van der Waals surface area contributed by atoms with E-state index in [9.17, 15) is 9.18 Å². The molecule has 9 nitrogen and oxygen atoms in total. The predicted molar refractivity (Wildman–Crippen MR) is 152 cm³/mol. The third kappa shape index (κ3) is 6.35. The zero-order valence-electron chi connectivity index (χ0n) is 22.4. The lowest BCUT2D eigenvalue weighted by atomic mass is 10.1. The van der Waals surface area contributed by atoms with Crippen LogP contribution in [0, 0.1) is 5.82 Å². The summed E-state index contributed by atoms with van der Waals surface area (Å²) in [7, 11) is 2.06. The molecule has 2 aromatic heterocycles. The van der Waals surface area contributed by atoms with Crippen molar-refractivity contribution >= 4 is 34.0 Å². The number of nitrogens with one attached hydrogen (secondary N) is 2. The molecule has 1 aliphatic heterocycles. The first-order valence-electron chi connectivity index (χ1n) is 13.2. The van der Waals surface area contributed by atoms with Gasteiger partial charge in [0.15, 0.2) is 17.3 Å². The molecule has 2 N–H and O–H groups in total. The van der Waals surface area contributed by atoms with Crippen LogP contribution in [0.3, 0.4) is 0 Å². The molecule has 0 aliphatic carbocycles. The number of amides is 1. The van der Waals surface area contributed by atoms with Crippen LogP contribution >= 0.6 is 0 Å². The first kappa shape index (κ1) is 27.0. The monoisotopic (exact) mass is 542 g/mol. The highest BCUT2D eigenvalue weighted by atomic mass is 19.1. The van der Waals surface area contributed by atoms with Gasteiger partial charge in [-0.1, -0.05) is 12.1 Å². The Labute approximate surface area is 232 Å². The molecule has 0 spiro atoms. The second-order valence-electron chi connectivity index (χ2n) is 9.41. The summed E-state index contributed by atoms with van der Waals surface area (Å²) in [5.41, 5.74) is 2.26. The second-order valence-corrected chi connectivity index (χ2v) is 9.41. The average Bonchev–Trinajstić information content (AvgIpc) is 3.38. The van der Waals surface area contributed by atoms with E-state index < -0.39 is 5.82 Å². The molecule has 0 bridgehead atoms. The van der Waals surface area contributed by atoms with Crippen molar-refractivity contribution in [2.24, 2.45) is 0 Å². The number of pyridine rings is 1. The molecule has 206 valence electrons. The van der Waals surface area contributed by atoms with Crippen molar-refractivity contribution in [2.45, 2.75) is 32.4 Å². The fraction of sp³-hybridized carbons (Fsp3) is 0.267. The smallest absolute Gasteiger partial charge is 0.248 e. The number of hydrogen-bond acceptors (Lipinski definition) is 8. The maximum Gasteiger partial charge on any atom is 0.248 e. The van der Waals surface area contributed by atoms with E-state index in [2.05, 4.69) is 37.5 Å². The molecule has 0 unspecified atom stereocenters. The molecule has 1 aliphatic rings. The summed E-state index contributed by atoms with van der Waals surface area (Å²) in [6.07, 6.45) is 8.72. The van der Waals surface area contributed by atoms with E-state index in [1.807, 2.05) is 31.2 Å². The Kier molecular flexibility index (Phi) is 8.46. The van der Waals surface area contributed by atoms with Crippen molar-refractivity contribution in [2.75, 3.05) is 30.8 Å². The van der Waals surface area contributed by atoms with Crippen LogP contribution in [-0.2, 0) is 11.4 Å². The SMILES string of the molecule is CCOc1c(NC(=O)/C=C/[C@H]2CCCN2C)ccc2ncnc(Nc3ccc(OCc4ccccn4)c(F)c3)c12. The fourth-order valence-corrected chi connectivity index (χ4v) is 4.63. The van der Waals surface area contributed by atoms with E-state index in [-0.39, 0.29) is 24.3 Å². The van der Waals surface area contributed by atoms with Crippen molar-refractivity contribution in [3.8, 4) is 11.5 Å². The summed E-state index contributed by atoms with van der Waals surface area (Å²) in [6.45, 7) is 3.39.